The van der Waals surface area contributed by atoms with Crippen molar-refractivity contribution in [2.45, 2.75) is 33.2 Å². The highest BCUT2D eigenvalue weighted by molar-refractivity contribution is 5.78. The Hall–Kier alpha value is -1.53. The van der Waals surface area contributed by atoms with E-state index in [1.54, 1.807) is 12.4 Å². The van der Waals surface area contributed by atoms with E-state index >= 15 is 0 Å². The second-order valence-corrected chi connectivity index (χ2v) is 6.13. The number of hydrogen-bond donors (Lipinski definition) is 0. The van der Waals surface area contributed by atoms with Crippen molar-refractivity contribution in [1.29, 1.82) is 0 Å². The molecule has 0 bridgehead atoms. The molecule has 0 atom stereocenters. The van der Waals surface area contributed by atoms with Gasteiger partial charge in [-0.1, -0.05) is 13.8 Å². The van der Waals surface area contributed by atoms with Gasteiger partial charge in [-0.25, -0.2) is 0 Å². The third kappa shape index (κ3) is 5.88. The van der Waals surface area contributed by atoms with Crippen LogP contribution >= 0.6 is 0 Å². The summed E-state index contributed by atoms with van der Waals surface area (Å²) in [7, 11) is 0. The van der Waals surface area contributed by atoms with Crippen LogP contribution < -0.4 is 0 Å². The fourth-order valence-corrected chi connectivity index (χ4v) is 2.94. The predicted molar refractivity (Wildman–Crippen MR) is 90.9 cm³/mol. The predicted octanol–water partition coefficient (Wildman–Crippen LogP) is 1.24. The lowest BCUT2D eigenvalue weighted by molar-refractivity contribution is -0.133. The van der Waals surface area contributed by atoms with Crippen LogP contribution in [0.4, 0.5) is 0 Å². The Balaban J connectivity index is 1.74. The molecule has 1 fully saturated rings. The molecule has 0 aliphatic carbocycles. The summed E-state index contributed by atoms with van der Waals surface area (Å²) >= 11 is 0. The standard InChI is InChI=1S/C17H29N5O/c1-3-7-22(8-4-2)17(23)15-21-11-9-20(10-12-21)14-16-13-18-5-6-19-16/h5-6,13H,3-4,7-12,14-15H2,1-2H3. The minimum absolute atomic E-state index is 0.274. The normalized spacial score (nSPS) is 16.4. The van der Waals surface area contributed by atoms with Gasteiger partial charge >= 0.3 is 0 Å². The average Bonchev–Trinajstić information content (AvgIpc) is 2.57. The Morgan fingerprint density at radius 1 is 1.09 bits per heavy atom. The van der Waals surface area contributed by atoms with Crippen molar-refractivity contribution in [2.75, 3.05) is 45.8 Å². The van der Waals surface area contributed by atoms with Crippen molar-refractivity contribution in [2.24, 2.45) is 0 Å². The van der Waals surface area contributed by atoms with Crippen LogP contribution in [0.1, 0.15) is 32.4 Å². The van der Waals surface area contributed by atoms with Gasteiger partial charge in [0.2, 0.25) is 5.91 Å². The van der Waals surface area contributed by atoms with Crippen LogP contribution in [-0.4, -0.2) is 76.4 Å². The molecule has 0 radical (unpaired) electrons. The molecule has 2 heterocycles. The maximum absolute atomic E-state index is 12.4. The number of hydrogen-bond acceptors (Lipinski definition) is 5. The Morgan fingerprint density at radius 3 is 2.30 bits per heavy atom. The summed E-state index contributed by atoms with van der Waals surface area (Å²) in [6.45, 7) is 11.2. The van der Waals surface area contributed by atoms with Gasteiger partial charge < -0.3 is 4.90 Å². The van der Waals surface area contributed by atoms with E-state index in [2.05, 4.69) is 33.6 Å². The van der Waals surface area contributed by atoms with Gasteiger partial charge in [-0.05, 0) is 12.8 Å². The zero-order valence-corrected chi connectivity index (χ0v) is 14.4. The lowest BCUT2D eigenvalue weighted by Crippen LogP contribution is -2.50. The van der Waals surface area contributed by atoms with Gasteiger partial charge in [0.25, 0.3) is 0 Å². The maximum atomic E-state index is 12.4. The largest absolute Gasteiger partial charge is 0.342 e. The number of amides is 1. The average molecular weight is 319 g/mol. The summed E-state index contributed by atoms with van der Waals surface area (Å²) in [5.41, 5.74) is 1.01. The Morgan fingerprint density at radius 2 is 1.74 bits per heavy atom. The molecule has 1 aromatic rings. The first kappa shape index (κ1) is 17.8. The number of carbonyl (C=O) groups excluding carboxylic acids is 1. The zero-order chi connectivity index (χ0) is 16.5. The molecule has 0 N–H and O–H groups in total. The number of carbonyl (C=O) groups is 1. The summed E-state index contributed by atoms with van der Waals surface area (Å²) in [5.74, 6) is 0.274. The lowest BCUT2D eigenvalue weighted by Gasteiger charge is -2.35. The Bertz CT molecular complexity index is 453. The minimum Gasteiger partial charge on any atom is -0.342 e. The quantitative estimate of drug-likeness (QED) is 0.722. The summed E-state index contributed by atoms with van der Waals surface area (Å²) in [6, 6.07) is 0. The molecular weight excluding hydrogens is 290 g/mol. The van der Waals surface area contributed by atoms with E-state index in [4.69, 9.17) is 0 Å². The number of rotatable bonds is 8. The summed E-state index contributed by atoms with van der Waals surface area (Å²) < 4.78 is 0. The highest BCUT2D eigenvalue weighted by Gasteiger charge is 2.21. The molecule has 1 aliphatic heterocycles. The smallest absolute Gasteiger partial charge is 0.236 e. The van der Waals surface area contributed by atoms with Gasteiger partial charge in [0.15, 0.2) is 0 Å². The number of nitrogens with zero attached hydrogens (tertiary/aromatic N) is 5. The first-order valence-electron chi connectivity index (χ1n) is 8.70. The van der Waals surface area contributed by atoms with E-state index in [1.807, 2.05) is 11.1 Å². The fraction of sp³-hybridized carbons (Fsp3) is 0.706. The fourth-order valence-electron chi connectivity index (χ4n) is 2.94. The van der Waals surface area contributed by atoms with E-state index in [-0.39, 0.29) is 5.91 Å². The molecule has 0 saturated carbocycles. The van der Waals surface area contributed by atoms with Gasteiger partial charge in [0.1, 0.15) is 0 Å². The third-order valence-corrected chi connectivity index (χ3v) is 4.17. The van der Waals surface area contributed by atoms with Crippen LogP contribution in [0, 0.1) is 0 Å². The van der Waals surface area contributed by atoms with Gasteiger partial charge in [-0.2, -0.15) is 0 Å². The number of piperazine rings is 1. The highest BCUT2D eigenvalue weighted by atomic mass is 16.2. The highest BCUT2D eigenvalue weighted by Crippen LogP contribution is 2.07. The van der Waals surface area contributed by atoms with Crippen LogP contribution in [0.25, 0.3) is 0 Å². The molecule has 0 unspecified atom stereocenters. The molecule has 128 valence electrons. The monoisotopic (exact) mass is 319 g/mol. The van der Waals surface area contributed by atoms with Crippen molar-refractivity contribution in [3.8, 4) is 0 Å². The molecule has 0 aromatic carbocycles. The summed E-state index contributed by atoms with van der Waals surface area (Å²) in [4.78, 5) is 27.5. The maximum Gasteiger partial charge on any atom is 0.236 e. The second-order valence-electron chi connectivity index (χ2n) is 6.13. The molecule has 1 saturated heterocycles. The summed E-state index contributed by atoms with van der Waals surface area (Å²) in [5, 5.41) is 0. The SMILES string of the molecule is CCCN(CCC)C(=O)CN1CCN(Cc2cnccn2)CC1. The zero-order valence-electron chi connectivity index (χ0n) is 14.4. The van der Waals surface area contributed by atoms with Gasteiger partial charge in [-0.15, -0.1) is 0 Å². The van der Waals surface area contributed by atoms with E-state index in [1.165, 1.54) is 0 Å². The molecule has 2 rings (SSSR count). The van der Waals surface area contributed by atoms with E-state index < -0.39 is 0 Å². The molecule has 1 aliphatic rings. The Kier molecular flexibility index (Phi) is 7.42. The lowest BCUT2D eigenvalue weighted by atomic mass is 10.2. The van der Waals surface area contributed by atoms with Crippen molar-refractivity contribution in [3.63, 3.8) is 0 Å². The molecular formula is C17H29N5O. The first-order valence-corrected chi connectivity index (χ1v) is 8.70. The first-order chi connectivity index (χ1) is 11.2. The van der Waals surface area contributed by atoms with Crippen LogP contribution in [0.2, 0.25) is 0 Å². The van der Waals surface area contributed by atoms with Crippen LogP contribution in [0.15, 0.2) is 18.6 Å². The van der Waals surface area contributed by atoms with Crippen LogP contribution in [-0.2, 0) is 11.3 Å². The van der Waals surface area contributed by atoms with Crippen molar-refractivity contribution < 1.29 is 4.79 Å². The van der Waals surface area contributed by atoms with E-state index in [9.17, 15) is 4.79 Å². The Labute approximate surface area is 139 Å². The number of aromatic nitrogens is 2. The van der Waals surface area contributed by atoms with Crippen molar-refractivity contribution in [1.82, 2.24) is 24.7 Å². The van der Waals surface area contributed by atoms with Crippen molar-refractivity contribution in [3.05, 3.63) is 24.3 Å². The molecule has 6 nitrogen and oxygen atoms in total. The molecule has 6 heteroatoms. The van der Waals surface area contributed by atoms with Crippen LogP contribution in [0.3, 0.4) is 0 Å². The van der Waals surface area contributed by atoms with E-state index in [0.29, 0.717) is 6.54 Å². The molecule has 0 spiro atoms. The third-order valence-electron chi connectivity index (χ3n) is 4.17. The van der Waals surface area contributed by atoms with Crippen LogP contribution in [0.5, 0.6) is 0 Å². The topological polar surface area (TPSA) is 52.6 Å². The molecule has 23 heavy (non-hydrogen) atoms. The van der Waals surface area contributed by atoms with E-state index in [0.717, 1.165) is 64.3 Å². The van der Waals surface area contributed by atoms with Gasteiger partial charge in [-0.3, -0.25) is 24.6 Å². The molecule has 1 aromatic heterocycles. The second kappa shape index (κ2) is 9.57. The van der Waals surface area contributed by atoms with Gasteiger partial charge in [0.05, 0.1) is 12.2 Å². The molecule has 1 amide bonds. The van der Waals surface area contributed by atoms with Gasteiger partial charge in [0, 0.05) is 64.4 Å². The summed E-state index contributed by atoms with van der Waals surface area (Å²) in [6.07, 6.45) is 7.31. The minimum atomic E-state index is 0.274. The van der Waals surface area contributed by atoms with Crippen molar-refractivity contribution >= 4 is 5.91 Å².